The Balaban J connectivity index is 1.49. The maximum absolute atomic E-state index is 13.8. The summed E-state index contributed by atoms with van der Waals surface area (Å²) in [5.74, 6) is -1.77. The van der Waals surface area contributed by atoms with E-state index in [-0.39, 0.29) is 12.5 Å². The first-order valence-electron chi connectivity index (χ1n) is 9.71. The van der Waals surface area contributed by atoms with Gasteiger partial charge in [-0.1, -0.05) is 64.5 Å². The molecule has 0 aromatic heterocycles. The third kappa shape index (κ3) is 4.61. The predicted octanol–water partition coefficient (Wildman–Crippen LogP) is 5.64. The lowest BCUT2D eigenvalue weighted by molar-refractivity contribution is -0.137. The van der Waals surface area contributed by atoms with Gasteiger partial charge in [0.2, 0.25) is 0 Å². The summed E-state index contributed by atoms with van der Waals surface area (Å²) in [6, 6.07) is 19.0. The van der Waals surface area contributed by atoms with Gasteiger partial charge in [0.15, 0.2) is 0 Å². The van der Waals surface area contributed by atoms with Crippen LogP contribution in [-0.4, -0.2) is 23.8 Å². The molecule has 3 aromatic carbocycles. The van der Waals surface area contributed by atoms with Crippen molar-refractivity contribution in [3.63, 3.8) is 0 Å². The first kappa shape index (κ1) is 21.1. The fraction of sp³-hybridized carbons (Fsp3) is 0.167. The summed E-state index contributed by atoms with van der Waals surface area (Å²) in [5.41, 5.74) is 4.71. The number of carboxylic acids is 1. The molecule has 2 N–H and O–H groups in total. The standard InChI is InChI=1S/C24H19BrFNO4/c25-15-9-14(10-16(26)11-15)22(12-23(28)29)27-24(30)31-13-21-19-7-3-1-5-17(19)18-6-2-4-8-20(18)21/h1-11,21-22H,12-13H2,(H,27,30)(H,28,29)/t22-/m1/s1. The van der Waals surface area contributed by atoms with Crippen molar-refractivity contribution in [1.29, 1.82) is 0 Å². The number of halogens is 2. The average Bonchev–Trinajstić information content (AvgIpc) is 3.05. The topological polar surface area (TPSA) is 75.6 Å². The van der Waals surface area contributed by atoms with Crippen LogP contribution in [0.4, 0.5) is 9.18 Å². The maximum atomic E-state index is 13.8. The van der Waals surface area contributed by atoms with Gasteiger partial charge >= 0.3 is 12.1 Å². The highest BCUT2D eigenvalue weighted by atomic mass is 79.9. The average molecular weight is 484 g/mol. The SMILES string of the molecule is O=C(O)C[C@@H](NC(=O)OCC1c2ccccc2-c2ccccc21)c1cc(F)cc(Br)c1. The third-order valence-corrected chi connectivity index (χ3v) is 5.76. The Hall–Kier alpha value is -3.19. The molecule has 3 aromatic rings. The molecular formula is C24H19BrFNO4. The molecule has 1 amide bonds. The molecule has 4 rings (SSSR count). The molecule has 0 heterocycles. The number of rotatable bonds is 6. The third-order valence-electron chi connectivity index (χ3n) is 5.30. The van der Waals surface area contributed by atoms with Crippen LogP contribution >= 0.6 is 15.9 Å². The van der Waals surface area contributed by atoms with Crippen LogP contribution in [0.1, 0.15) is 35.1 Å². The van der Waals surface area contributed by atoms with E-state index in [4.69, 9.17) is 4.74 Å². The van der Waals surface area contributed by atoms with E-state index in [1.54, 1.807) is 6.07 Å². The van der Waals surface area contributed by atoms with Gasteiger partial charge in [-0.15, -0.1) is 0 Å². The number of amides is 1. The summed E-state index contributed by atoms with van der Waals surface area (Å²) < 4.78 is 19.7. The number of aliphatic carboxylic acids is 1. The highest BCUT2D eigenvalue weighted by Crippen LogP contribution is 2.44. The van der Waals surface area contributed by atoms with Crippen molar-refractivity contribution in [2.24, 2.45) is 0 Å². The van der Waals surface area contributed by atoms with Crippen molar-refractivity contribution in [3.8, 4) is 11.1 Å². The van der Waals surface area contributed by atoms with Gasteiger partial charge in [0.1, 0.15) is 12.4 Å². The smallest absolute Gasteiger partial charge is 0.407 e. The minimum absolute atomic E-state index is 0.104. The Bertz CT molecular complexity index is 1080. The summed E-state index contributed by atoms with van der Waals surface area (Å²) in [6.45, 7) is 0.104. The Labute approximate surface area is 187 Å². The molecule has 0 unspecified atom stereocenters. The number of carbonyl (C=O) groups excluding carboxylic acids is 1. The van der Waals surface area contributed by atoms with Crippen molar-refractivity contribution in [2.75, 3.05) is 6.61 Å². The Morgan fingerprint density at radius 1 is 1.03 bits per heavy atom. The fourth-order valence-corrected chi connectivity index (χ4v) is 4.47. The summed E-state index contributed by atoms with van der Waals surface area (Å²) in [7, 11) is 0. The van der Waals surface area contributed by atoms with E-state index in [1.807, 2.05) is 48.5 Å². The minimum Gasteiger partial charge on any atom is -0.481 e. The van der Waals surface area contributed by atoms with E-state index in [9.17, 15) is 19.1 Å². The van der Waals surface area contributed by atoms with Crippen LogP contribution in [0.25, 0.3) is 11.1 Å². The zero-order chi connectivity index (χ0) is 22.0. The van der Waals surface area contributed by atoms with Gasteiger partial charge in [0.25, 0.3) is 0 Å². The first-order valence-corrected chi connectivity index (χ1v) is 10.5. The van der Waals surface area contributed by atoms with Gasteiger partial charge in [-0.3, -0.25) is 4.79 Å². The van der Waals surface area contributed by atoms with Crippen molar-refractivity contribution >= 4 is 28.0 Å². The van der Waals surface area contributed by atoms with Crippen molar-refractivity contribution in [3.05, 3.63) is 93.7 Å². The van der Waals surface area contributed by atoms with Crippen LogP contribution in [0.2, 0.25) is 0 Å². The van der Waals surface area contributed by atoms with E-state index >= 15 is 0 Å². The van der Waals surface area contributed by atoms with Crippen LogP contribution in [0.15, 0.2) is 71.2 Å². The molecule has 0 radical (unpaired) electrons. The minimum atomic E-state index is -1.12. The number of fused-ring (bicyclic) bond motifs is 3. The molecule has 158 valence electrons. The number of benzene rings is 3. The molecule has 7 heteroatoms. The second-order valence-corrected chi connectivity index (χ2v) is 8.24. The predicted molar refractivity (Wildman–Crippen MR) is 117 cm³/mol. The largest absolute Gasteiger partial charge is 0.481 e. The van der Waals surface area contributed by atoms with Crippen molar-refractivity contribution in [2.45, 2.75) is 18.4 Å². The van der Waals surface area contributed by atoms with Crippen molar-refractivity contribution in [1.82, 2.24) is 5.32 Å². The monoisotopic (exact) mass is 483 g/mol. The Morgan fingerprint density at radius 3 is 2.23 bits per heavy atom. The molecule has 0 spiro atoms. The lowest BCUT2D eigenvalue weighted by atomic mass is 9.98. The molecular weight excluding hydrogens is 465 g/mol. The second-order valence-electron chi connectivity index (χ2n) is 7.32. The molecule has 5 nitrogen and oxygen atoms in total. The number of carboxylic acid groups (broad SMARTS) is 1. The number of ether oxygens (including phenoxy) is 1. The number of carbonyl (C=O) groups is 2. The Morgan fingerprint density at radius 2 is 1.65 bits per heavy atom. The lowest BCUT2D eigenvalue weighted by Crippen LogP contribution is -2.31. The zero-order valence-electron chi connectivity index (χ0n) is 16.3. The second kappa shape index (κ2) is 8.89. The van der Waals surface area contributed by atoms with E-state index < -0.39 is 30.3 Å². The van der Waals surface area contributed by atoms with Gasteiger partial charge in [-0.05, 0) is 46.0 Å². The zero-order valence-corrected chi connectivity index (χ0v) is 17.9. The van der Waals surface area contributed by atoms with Crippen LogP contribution < -0.4 is 5.32 Å². The van der Waals surface area contributed by atoms with E-state index in [0.29, 0.717) is 10.0 Å². The molecule has 1 aliphatic carbocycles. The quantitative estimate of drug-likeness (QED) is 0.475. The molecule has 1 atom stereocenters. The molecule has 0 aliphatic heterocycles. The molecule has 31 heavy (non-hydrogen) atoms. The highest BCUT2D eigenvalue weighted by molar-refractivity contribution is 9.10. The summed E-state index contributed by atoms with van der Waals surface area (Å²) in [5, 5.41) is 11.8. The van der Waals surface area contributed by atoms with E-state index in [0.717, 1.165) is 22.3 Å². The fourth-order valence-electron chi connectivity index (χ4n) is 3.99. The number of hydrogen-bond acceptors (Lipinski definition) is 3. The number of hydrogen-bond donors (Lipinski definition) is 2. The van der Waals surface area contributed by atoms with Gasteiger partial charge < -0.3 is 15.2 Å². The number of nitrogens with one attached hydrogen (secondary N) is 1. The van der Waals surface area contributed by atoms with Crippen LogP contribution in [0.5, 0.6) is 0 Å². The molecule has 0 saturated carbocycles. The van der Waals surface area contributed by atoms with Gasteiger partial charge in [0.05, 0.1) is 12.5 Å². The highest BCUT2D eigenvalue weighted by Gasteiger charge is 2.29. The van der Waals surface area contributed by atoms with E-state index in [1.165, 1.54) is 12.1 Å². The normalized spacial score (nSPS) is 13.2. The lowest BCUT2D eigenvalue weighted by Gasteiger charge is -2.19. The number of alkyl carbamates (subject to hydrolysis) is 1. The van der Waals surface area contributed by atoms with Gasteiger partial charge in [-0.25, -0.2) is 9.18 Å². The van der Waals surface area contributed by atoms with Crippen LogP contribution in [0.3, 0.4) is 0 Å². The Kier molecular flexibility index (Phi) is 6.04. The first-order chi connectivity index (χ1) is 14.9. The molecule has 1 aliphatic rings. The molecule has 0 saturated heterocycles. The summed E-state index contributed by atoms with van der Waals surface area (Å²) in [6.07, 6.45) is -1.16. The van der Waals surface area contributed by atoms with Crippen LogP contribution in [-0.2, 0) is 9.53 Å². The summed E-state index contributed by atoms with van der Waals surface area (Å²) in [4.78, 5) is 23.8. The van der Waals surface area contributed by atoms with Crippen molar-refractivity contribution < 1.29 is 23.8 Å². The van der Waals surface area contributed by atoms with E-state index in [2.05, 4.69) is 21.2 Å². The van der Waals surface area contributed by atoms with Gasteiger partial charge in [-0.2, -0.15) is 0 Å². The molecule has 0 bridgehead atoms. The summed E-state index contributed by atoms with van der Waals surface area (Å²) >= 11 is 3.19. The van der Waals surface area contributed by atoms with Gasteiger partial charge in [0, 0.05) is 10.4 Å². The maximum Gasteiger partial charge on any atom is 0.407 e. The van der Waals surface area contributed by atoms with Crippen LogP contribution in [0, 0.1) is 5.82 Å². The molecule has 0 fully saturated rings.